The van der Waals surface area contributed by atoms with Crippen LogP contribution in [0.1, 0.15) is 6.92 Å². The first-order valence-electron chi connectivity index (χ1n) is 1.99. The molecule has 1 unspecified atom stereocenters. The van der Waals surface area contributed by atoms with Crippen molar-refractivity contribution >= 4 is 19.9 Å². The molecule has 0 aromatic carbocycles. The summed E-state index contributed by atoms with van der Waals surface area (Å²) in [7, 11) is -0.307. The maximum Gasteiger partial charge on any atom is 0.131 e. The summed E-state index contributed by atoms with van der Waals surface area (Å²) in [4.78, 5) is 0. The lowest BCUT2D eigenvalue weighted by Gasteiger charge is -1.90. The molecule has 0 saturated carbocycles. The molecule has 0 aromatic rings. The van der Waals surface area contributed by atoms with Crippen LogP contribution in [0.15, 0.2) is 12.7 Å². The highest BCUT2D eigenvalue weighted by Gasteiger charge is 1.88. The van der Waals surface area contributed by atoms with E-state index in [9.17, 15) is 0 Å². The van der Waals surface area contributed by atoms with E-state index in [-0.39, 0.29) is 8.83 Å². The van der Waals surface area contributed by atoms with Crippen molar-refractivity contribution in [3.05, 3.63) is 12.7 Å². The van der Waals surface area contributed by atoms with Gasteiger partial charge < -0.3 is 0 Å². The molecule has 0 heterocycles. The summed E-state index contributed by atoms with van der Waals surface area (Å²) in [6, 6.07) is 0. The van der Waals surface area contributed by atoms with Gasteiger partial charge >= 0.3 is 0 Å². The number of allylic oxidation sites excluding steroid dienone is 1. The molecule has 0 fully saturated rings. The molecule has 1 atom stereocenters. The van der Waals surface area contributed by atoms with E-state index in [0.717, 1.165) is 0 Å². The van der Waals surface area contributed by atoms with Crippen LogP contribution in [0.2, 0.25) is 5.54 Å². The second kappa shape index (κ2) is 3.44. The third kappa shape index (κ3) is 2.48. The number of hydrogen-bond donors (Lipinski definition) is 0. The summed E-state index contributed by atoms with van der Waals surface area (Å²) in [6.07, 6.45) is 1.90. The van der Waals surface area contributed by atoms with Crippen LogP contribution in [-0.4, -0.2) is 8.83 Å². The lowest BCUT2D eigenvalue weighted by atomic mass is 10.5. The molecule has 6 heavy (non-hydrogen) atoms. The predicted octanol–water partition coefficient (Wildman–Crippen LogP) is 1.30. The monoisotopic (exact) mass is 120 g/mol. The van der Waals surface area contributed by atoms with E-state index in [0.29, 0.717) is 5.54 Å². The first kappa shape index (κ1) is 6.25. The lowest BCUT2D eigenvalue weighted by Crippen LogP contribution is -1.82. The van der Waals surface area contributed by atoms with Crippen LogP contribution in [0.5, 0.6) is 0 Å². The van der Waals surface area contributed by atoms with E-state index in [2.05, 4.69) is 13.5 Å². The smallest absolute Gasteiger partial charge is 0.131 e. The highest BCUT2D eigenvalue weighted by Crippen LogP contribution is 2.01. The molecular formula is C4H9ClSi. The molecular weight excluding hydrogens is 112 g/mol. The molecule has 0 aliphatic rings. The van der Waals surface area contributed by atoms with Crippen molar-refractivity contribution in [2.45, 2.75) is 12.5 Å². The van der Waals surface area contributed by atoms with Crippen LogP contribution in [0, 0.1) is 0 Å². The van der Waals surface area contributed by atoms with Crippen LogP contribution >= 0.6 is 11.1 Å². The van der Waals surface area contributed by atoms with Crippen LogP contribution in [0.3, 0.4) is 0 Å². The third-order valence-electron chi connectivity index (χ3n) is 0.646. The predicted molar refractivity (Wildman–Crippen MR) is 34.0 cm³/mol. The molecule has 0 amide bonds. The summed E-state index contributed by atoms with van der Waals surface area (Å²) in [5, 5.41) is 0. The zero-order valence-corrected chi connectivity index (χ0v) is 6.12. The topological polar surface area (TPSA) is 0 Å². The molecule has 0 aliphatic heterocycles. The van der Waals surface area contributed by atoms with Gasteiger partial charge in [0.25, 0.3) is 0 Å². The number of hydrogen-bond acceptors (Lipinski definition) is 0. The maximum atomic E-state index is 5.52. The van der Waals surface area contributed by atoms with Crippen molar-refractivity contribution in [3.63, 3.8) is 0 Å². The molecule has 0 aromatic heterocycles. The van der Waals surface area contributed by atoms with Crippen LogP contribution in [0.4, 0.5) is 0 Å². The average Bonchev–Trinajstić information content (AvgIpc) is 1.65. The molecule has 36 valence electrons. The normalized spacial score (nSPS) is 15.7. The number of rotatable bonds is 2. The van der Waals surface area contributed by atoms with Gasteiger partial charge in [0.2, 0.25) is 0 Å². The first-order valence-corrected chi connectivity index (χ1v) is 4.95. The van der Waals surface area contributed by atoms with Crippen LogP contribution in [-0.2, 0) is 0 Å². The molecule has 2 heteroatoms. The Morgan fingerprint density at radius 3 is 2.50 bits per heavy atom. The fourth-order valence-corrected chi connectivity index (χ4v) is 0.567. The average molecular weight is 121 g/mol. The Hall–Kier alpha value is 0.247. The van der Waals surface area contributed by atoms with E-state index in [1.807, 2.05) is 6.08 Å². The highest BCUT2D eigenvalue weighted by molar-refractivity contribution is 6.94. The molecule has 0 spiro atoms. The molecule has 0 aliphatic carbocycles. The molecule has 0 radical (unpaired) electrons. The van der Waals surface area contributed by atoms with Crippen molar-refractivity contribution in [2.24, 2.45) is 0 Å². The Labute approximate surface area is 45.7 Å². The minimum absolute atomic E-state index is 0.307. The van der Waals surface area contributed by atoms with E-state index in [4.69, 9.17) is 11.1 Å². The highest BCUT2D eigenvalue weighted by atomic mass is 35.6. The van der Waals surface area contributed by atoms with Gasteiger partial charge in [0.1, 0.15) is 8.83 Å². The van der Waals surface area contributed by atoms with Gasteiger partial charge in [-0.3, -0.25) is 0 Å². The van der Waals surface area contributed by atoms with Gasteiger partial charge in [-0.2, -0.15) is 11.1 Å². The minimum atomic E-state index is -0.307. The third-order valence-corrected chi connectivity index (χ3v) is 2.93. The van der Waals surface area contributed by atoms with Crippen molar-refractivity contribution in [1.82, 2.24) is 0 Å². The Kier molecular flexibility index (Phi) is 3.58. The van der Waals surface area contributed by atoms with E-state index in [1.165, 1.54) is 0 Å². The van der Waals surface area contributed by atoms with Crippen molar-refractivity contribution in [1.29, 1.82) is 0 Å². The van der Waals surface area contributed by atoms with E-state index < -0.39 is 0 Å². The number of halogens is 1. The summed E-state index contributed by atoms with van der Waals surface area (Å²) >= 11 is 5.52. The Bertz CT molecular complexity index is 44.8. The van der Waals surface area contributed by atoms with E-state index in [1.54, 1.807) is 0 Å². The Balaban J connectivity index is 2.96. The van der Waals surface area contributed by atoms with Gasteiger partial charge in [0, 0.05) is 0 Å². The SMILES string of the molecule is C=CC(C)[SiH2]Cl. The van der Waals surface area contributed by atoms with Crippen molar-refractivity contribution in [2.75, 3.05) is 0 Å². The van der Waals surface area contributed by atoms with Crippen molar-refractivity contribution < 1.29 is 0 Å². The van der Waals surface area contributed by atoms with Gasteiger partial charge in [0.05, 0.1) is 0 Å². The fourth-order valence-electron chi connectivity index (χ4n) is 0.0630. The lowest BCUT2D eigenvalue weighted by molar-refractivity contribution is 1.21. The van der Waals surface area contributed by atoms with Gasteiger partial charge in [0.15, 0.2) is 0 Å². The van der Waals surface area contributed by atoms with Crippen molar-refractivity contribution in [3.8, 4) is 0 Å². The van der Waals surface area contributed by atoms with Gasteiger partial charge in [-0.1, -0.05) is 13.0 Å². The molecule has 0 saturated heterocycles. The Morgan fingerprint density at radius 2 is 2.50 bits per heavy atom. The van der Waals surface area contributed by atoms with Crippen LogP contribution in [0.25, 0.3) is 0 Å². The largest absolute Gasteiger partial charge is 0.176 e. The first-order chi connectivity index (χ1) is 2.81. The second-order valence-electron chi connectivity index (χ2n) is 1.37. The molecule has 0 rings (SSSR count). The zero-order chi connectivity index (χ0) is 4.99. The molecule has 0 nitrogen and oxygen atoms in total. The molecule has 0 N–H and O–H groups in total. The van der Waals surface area contributed by atoms with E-state index >= 15 is 0 Å². The van der Waals surface area contributed by atoms with Gasteiger partial charge in [-0.25, -0.2) is 0 Å². The molecule has 0 bridgehead atoms. The maximum absolute atomic E-state index is 5.52. The second-order valence-corrected chi connectivity index (χ2v) is 3.89. The fraction of sp³-hybridized carbons (Fsp3) is 0.500. The summed E-state index contributed by atoms with van der Waals surface area (Å²) in [5.41, 5.74) is 0.603. The quantitative estimate of drug-likeness (QED) is 0.293. The summed E-state index contributed by atoms with van der Waals surface area (Å²) in [5.74, 6) is 0. The minimum Gasteiger partial charge on any atom is -0.176 e. The standard InChI is InChI=1S/C4H9ClSi/c1-3-4(2)6-5/h3-4H,1,6H2,2H3. The summed E-state index contributed by atoms with van der Waals surface area (Å²) in [6.45, 7) is 5.67. The van der Waals surface area contributed by atoms with Gasteiger partial charge in [-0.05, 0) is 5.54 Å². The van der Waals surface area contributed by atoms with Crippen LogP contribution < -0.4 is 0 Å². The Morgan fingerprint density at radius 1 is 2.00 bits per heavy atom. The summed E-state index contributed by atoms with van der Waals surface area (Å²) < 4.78 is 0. The zero-order valence-electron chi connectivity index (χ0n) is 3.95. The van der Waals surface area contributed by atoms with Gasteiger partial charge in [-0.15, -0.1) is 6.58 Å².